The fourth-order valence-electron chi connectivity index (χ4n) is 1.51. The highest BCUT2D eigenvalue weighted by Crippen LogP contribution is 2.23. The molecule has 0 fully saturated rings. The molecule has 4 nitrogen and oxygen atoms in total. The summed E-state index contributed by atoms with van der Waals surface area (Å²) in [5.74, 6) is -0.991. The molecule has 0 amide bonds. The van der Waals surface area contributed by atoms with Crippen LogP contribution >= 0.6 is 22.9 Å². The first-order valence-electron chi connectivity index (χ1n) is 5.24. The van der Waals surface area contributed by atoms with Gasteiger partial charge in [-0.05, 0) is 25.1 Å². The Morgan fingerprint density at radius 2 is 2.33 bits per heavy atom. The molecular weight excluding hydrogens is 272 g/mol. The fourth-order valence-corrected chi connectivity index (χ4v) is 2.53. The van der Waals surface area contributed by atoms with E-state index in [2.05, 4.69) is 10.3 Å². The molecule has 0 aromatic carbocycles. The highest BCUT2D eigenvalue weighted by molar-refractivity contribution is 7.16. The molecule has 2 heterocycles. The Morgan fingerprint density at radius 1 is 1.56 bits per heavy atom. The normalized spacial score (nSPS) is 10.3. The fraction of sp³-hybridized carbons (Fsp3) is 0.167. The summed E-state index contributed by atoms with van der Waals surface area (Å²) in [6, 6.07) is 5.45. The van der Waals surface area contributed by atoms with Gasteiger partial charge >= 0.3 is 5.97 Å². The Kier molecular flexibility index (Phi) is 3.84. The van der Waals surface area contributed by atoms with Gasteiger partial charge < -0.3 is 10.4 Å². The lowest BCUT2D eigenvalue weighted by Gasteiger charge is -2.08. The van der Waals surface area contributed by atoms with Crippen LogP contribution in [0, 0.1) is 6.92 Å². The standard InChI is InChI=1S/C12H11ClN2O2S/c1-7-4-10(9(6-14-7)12(16)17)15-5-8-2-3-11(13)18-8/h2-4,6H,5H2,1H3,(H,14,15)(H,16,17). The number of hydrogen-bond acceptors (Lipinski definition) is 4. The van der Waals surface area contributed by atoms with E-state index in [0.29, 0.717) is 12.2 Å². The van der Waals surface area contributed by atoms with Gasteiger partial charge in [-0.3, -0.25) is 4.98 Å². The lowest BCUT2D eigenvalue weighted by molar-refractivity contribution is 0.0697. The molecule has 0 unspecified atom stereocenters. The molecule has 0 aliphatic heterocycles. The molecule has 6 heteroatoms. The molecule has 18 heavy (non-hydrogen) atoms. The summed E-state index contributed by atoms with van der Waals surface area (Å²) in [7, 11) is 0. The first kappa shape index (κ1) is 12.9. The molecular formula is C12H11ClN2O2S. The van der Waals surface area contributed by atoms with Crippen molar-refractivity contribution in [3.05, 3.63) is 44.9 Å². The number of thiophene rings is 1. The van der Waals surface area contributed by atoms with Crippen LogP contribution in [0.5, 0.6) is 0 Å². The Hall–Kier alpha value is -1.59. The number of aryl methyl sites for hydroxylation is 1. The molecule has 94 valence electrons. The number of carbonyl (C=O) groups is 1. The summed E-state index contributed by atoms with van der Waals surface area (Å²) in [5.41, 5.74) is 1.51. The number of nitrogens with one attached hydrogen (secondary N) is 1. The number of pyridine rings is 1. The van der Waals surface area contributed by atoms with Crippen LogP contribution < -0.4 is 5.32 Å². The van der Waals surface area contributed by atoms with E-state index in [1.807, 2.05) is 19.1 Å². The Balaban J connectivity index is 2.17. The van der Waals surface area contributed by atoms with Crippen LogP contribution in [0.2, 0.25) is 4.34 Å². The van der Waals surface area contributed by atoms with Gasteiger partial charge in [0.05, 0.1) is 10.0 Å². The third kappa shape index (κ3) is 3.00. The van der Waals surface area contributed by atoms with Gasteiger partial charge in [-0.15, -0.1) is 11.3 Å². The predicted octanol–water partition coefficient (Wildman–Crippen LogP) is 3.42. The van der Waals surface area contributed by atoms with Gasteiger partial charge in [0.15, 0.2) is 0 Å². The molecule has 2 rings (SSSR count). The van der Waals surface area contributed by atoms with Crippen molar-refractivity contribution >= 4 is 34.6 Å². The van der Waals surface area contributed by atoms with Crippen LogP contribution in [0.3, 0.4) is 0 Å². The molecule has 0 spiro atoms. The maximum Gasteiger partial charge on any atom is 0.339 e. The van der Waals surface area contributed by atoms with E-state index in [1.54, 1.807) is 6.07 Å². The van der Waals surface area contributed by atoms with Gasteiger partial charge in [0.25, 0.3) is 0 Å². The minimum absolute atomic E-state index is 0.170. The molecule has 0 bridgehead atoms. The van der Waals surface area contributed by atoms with Crippen molar-refractivity contribution in [2.24, 2.45) is 0 Å². The SMILES string of the molecule is Cc1cc(NCc2ccc(Cl)s2)c(C(=O)O)cn1. The van der Waals surface area contributed by atoms with E-state index in [-0.39, 0.29) is 5.56 Å². The molecule has 0 aliphatic rings. The van der Waals surface area contributed by atoms with E-state index in [0.717, 1.165) is 14.9 Å². The van der Waals surface area contributed by atoms with Crippen LogP contribution in [-0.2, 0) is 6.54 Å². The first-order chi connectivity index (χ1) is 8.56. The van der Waals surface area contributed by atoms with E-state index in [1.165, 1.54) is 17.5 Å². The van der Waals surface area contributed by atoms with E-state index >= 15 is 0 Å². The zero-order valence-corrected chi connectivity index (χ0v) is 11.2. The number of aromatic carboxylic acids is 1. The summed E-state index contributed by atoms with van der Waals surface area (Å²) >= 11 is 7.30. The predicted molar refractivity (Wildman–Crippen MR) is 72.6 cm³/mol. The van der Waals surface area contributed by atoms with Gasteiger partial charge in [-0.1, -0.05) is 11.6 Å². The number of anilines is 1. The molecule has 0 saturated carbocycles. The van der Waals surface area contributed by atoms with Crippen molar-refractivity contribution < 1.29 is 9.90 Å². The van der Waals surface area contributed by atoms with E-state index in [9.17, 15) is 4.79 Å². The summed E-state index contributed by atoms with van der Waals surface area (Å²) in [5, 5.41) is 12.2. The number of aromatic nitrogens is 1. The highest BCUT2D eigenvalue weighted by atomic mass is 35.5. The number of rotatable bonds is 4. The smallest absolute Gasteiger partial charge is 0.339 e. The summed E-state index contributed by atoms with van der Waals surface area (Å²) < 4.78 is 0.719. The molecule has 0 radical (unpaired) electrons. The third-order valence-corrected chi connectivity index (χ3v) is 3.58. The Labute approximate surface area is 113 Å². The second-order valence-electron chi connectivity index (χ2n) is 3.74. The second-order valence-corrected chi connectivity index (χ2v) is 5.54. The quantitative estimate of drug-likeness (QED) is 0.902. The van der Waals surface area contributed by atoms with Crippen molar-refractivity contribution in [3.63, 3.8) is 0 Å². The molecule has 2 N–H and O–H groups in total. The molecule has 2 aromatic rings. The van der Waals surface area contributed by atoms with E-state index < -0.39 is 5.97 Å². The van der Waals surface area contributed by atoms with Crippen molar-refractivity contribution in [2.75, 3.05) is 5.32 Å². The van der Waals surface area contributed by atoms with Gasteiger partial charge in [0, 0.05) is 23.3 Å². The zero-order valence-electron chi connectivity index (χ0n) is 9.61. The minimum atomic E-state index is -0.991. The van der Waals surface area contributed by atoms with E-state index in [4.69, 9.17) is 16.7 Å². The summed E-state index contributed by atoms with van der Waals surface area (Å²) in [4.78, 5) is 16.1. The minimum Gasteiger partial charge on any atom is -0.478 e. The lowest BCUT2D eigenvalue weighted by Crippen LogP contribution is -2.07. The van der Waals surface area contributed by atoms with Crippen LogP contribution in [0.25, 0.3) is 0 Å². The summed E-state index contributed by atoms with van der Waals surface area (Å²) in [6.45, 7) is 2.36. The number of carboxylic acids is 1. The number of carboxylic acid groups (broad SMARTS) is 1. The molecule has 0 atom stereocenters. The number of halogens is 1. The second kappa shape index (κ2) is 5.37. The first-order valence-corrected chi connectivity index (χ1v) is 6.44. The topological polar surface area (TPSA) is 62.2 Å². The van der Waals surface area contributed by atoms with Crippen molar-refractivity contribution in [3.8, 4) is 0 Å². The number of nitrogens with zero attached hydrogens (tertiary/aromatic N) is 1. The molecule has 2 aromatic heterocycles. The van der Waals surface area contributed by atoms with Gasteiger partial charge in [0.1, 0.15) is 5.56 Å². The monoisotopic (exact) mass is 282 g/mol. The van der Waals surface area contributed by atoms with Crippen LogP contribution in [0.15, 0.2) is 24.4 Å². The zero-order chi connectivity index (χ0) is 13.1. The molecule has 0 aliphatic carbocycles. The van der Waals surface area contributed by atoms with Crippen LogP contribution in [0.4, 0.5) is 5.69 Å². The Morgan fingerprint density at radius 3 is 2.94 bits per heavy atom. The molecule has 0 saturated heterocycles. The Bertz CT molecular complexity index is 583. The van der Waals surface area contributed by atoms with Crippen molar-refractivity contribution in [1.82, 2.24) is 4.98 Å². The van der Waals surface area contributed by atoms with Gasteiger partial charge in [-0.2, -0.15) is 0 Å². The average Bonchev–Trinajstić information content (AvgIpc) is 2.72. The van der Waals surface area contributed by atoms with Gasteiger partial charge in [-0.25, -0.2) is 4.79 Å². The van der Waals surface area contributed by atoms with Crippen molar-refractivity contribution in [1.29, 1.82) is 0 Å². The lowest BCUT2D eigenvalue weighted by atomic mass is 10.2. The largest absolute Gasteiger partial charge is 0.478 e. The average molecular weight is 283 g/mol. The number of hydrogen-bond donors (Lipinski definition) is 2. The van der Waals surface area contributed by atoms with Crippen LogP contribution in [-0.4, -0.2) is 16.1 Å². The third-order valence-electron chi connectivity index (χ3n) is 2.35. The van der Waals surface area contributed by atoms with Crippen LogP contribution in [0.1, 0.15) is 20.9 Å². The summed E-state index contributed by atoms with van der Waals surface area (Å²) in [6.07, 6.45) is 1.36. The maximum absolute atomic E-state index is 11.0. The highest BCUT2D eigenvalue weighted by Gasteiger charge is 2.10. The maximum atomic E-state index is 11.0. The van der Waals surface area contributed by atoms with Gasteiger partial charge in [0.2, 0.25) is 0 Å². The van der Waals surface area contributed by atoms with Crippen molar-refractivity contribution in [2.45, 2.75) is 13.5 Å².